The van der Waals surface area contributed by atoms with E-state index < -0.39 is 4.92 Å². The number of para-hydroxylation sites is 1. The number of carbonyl (C=O) groups excluding carboxylic acids is 1. The second-order valence-electron chi connectivity index (χ2n) is 4.17. The Morgan fingerprint density at radius 2 is 1.90 bits per heavy atom. The van der Waals surface area contributed by atoms with Crippen molar-refractivity contribution < 1.29 is 9.72 Å². The molecule has 0 N–H and O–H groups in total. The van der Waals surface area contributed by atoms with E-state index in [4.69, 9.17) is 0 Å². The summed E-state index contributed by atoms with van der Waals surface area (Å²) >= 11 is 0. The number of hydrogen-bond donors (Lipinski definition) is 0. The number of carbonyl (C=O) groups is 1. The summed E-state index contributed by atoms with van der Waals surface area (Å²) in [6.45, 7) is 0. The maximum Gasteiger partial charge on any atom is 0.278 e. The molecule has 2 aromatic heterocycles. The Labute approximate surface area is 113 Å². The monoisotopic (exact) mass is 267 g/mol. The molecular formula is C14H9N3O3. The molecule has 0 saturated heterocycles. The van der Waals surface area contributed by atoms with E-state index >= 15 is 0 Å². The van der Waals surface area contributed by atoms with Gasteiger partial charge in [-0.25, -0.2) is 4.98 Å². The fourth-order valence-electron chi connectivity index (χ4n) is 2.16. The Morgan fingerprint density at radius 3 is 2.65 bits per heavy atom. The molecule has 0 radical (unpaired) electrons. The molecule has 20 heavy (non-hydrogen) atoms. The Bertz CT molecular complexity index is 823. The lowest BCUT2D eigenvalue weighted by molar-refractivity contribution is -0.384. The fraction of sp³-hybridized carbons (Fsp3) is 0. The number of fused-ring (bicyclic) bond motifs is 1. The number of hydrogen-bond acceptors (Lipinski definition) is 4. The highest BCUT2D eigenvalue weighted by atomic mass is 16.6. The summed E-state index contributed by atoms with van der Waals surface area (Å²) < 4.78 is 1.61. The van der Waals surface area contributed by atoms with Crippen LogP contribution in [-0.2, 0) is 0 Å². The zero-order valence-electron chi connectivity index (χ0n) is 10.3. The minimum Gasteiger partial charge on any atom is -0.297 e. The highest BCUT2D eigenvalue weighted by molar-refractivity contribution is 5.88. The van der Waals surface area contributed by atoms with Crippen LogP contribution in [0.3, 0.4) is 0 Å². The van der Waals surface area contributed by atoms with Gasteiger partial charge in [0.1, 0.15) is 17.0 Å². The number of benzene rings is 1. The van der Waals surface area contributed by atoms with Crippen LogP contribution in [-0.4, -0.2) is 20.6 Å². The lowest BCUT2D eigenvalue weighted by Gasteiger charge is -2.00. The molecule has 0 unspecified atom stereocenters. The Hall–Kier alpha value is -3.02. The van der Waals surface area contributed by atoms with Gasteiger partial charge in [-0.05, 0) is 18.2 Å². The van der Waals surface area contributed by atoms with Crippen LogP contribution in [0, 0.1) is 10.1 Å². The molecule has 0 saturated carbocycles. The Balaban J connectivity index is 2.35. The van der Waals surface area contributed by atoms with Gasteiger partial charge in [-0.1, -0.05) is 18.2 Å². The zero-order chi connectivity index (χ0) is 14.1. The minimum absolute atomic E-state index is 0.0704. The van der Waals surface area contributed by atoms with E-state index in [2.05, 4.69) is 4.98 Å². The third-order valence-electron chi connectivity index (χ3n) is 3.03. The summed E-state index contributed by atoms with van der Waals surface area (Å²) in [5.74, 6) is 0. The molecular weight excluding hydrogens is 258 g/mol. The molecule has 6 heteroatoms. The van der Waals surface area contributed by atoms with Crippen molar-refractivity contribution in [2.75, 3.05) is 0 Å². The number of nitro groups is 1. The number of imidazole rings is 1. The van der Waals surface area contributed by atoms with Gasteiger partial charge >= 0.3 is 0 Å². The van der Waals surface area contributed by atoms with Crippen LogP contribution >= 0.6 is 0 Å². The van der Waals surface area contributed by atoms with Crippen LogP contribution in [0.15, 0.2) is 48.7 Å². The normalized spacial score (nSPS) is 10.6. The molecule has 0 bridgehead atoms. The van der Waals surface area contributed by atoms with Gasteiger partial charge < -0.3 is 0 Å². The zero-order valence-corrected chi connectivity index (χ0v) is 10.3. The van der Waals surface area contributed by atoms with Crippen LogP contribution in [0.4, 0.5) is 5.69 Å². The molecule has 0 aliphatic heterocycles. The molecule has 3 rings (SSSR count). The van der Waals surface area contributed by atoms with Crippen molar-refractivity contribution in [3.05, 3.63) is 64.5 Å². The summed E-state index contributed by atoms with van der Waals surface area (Å²) in [4.78, 5) is 26.3. The van der Waals surface area contributed by atoms with Crippen molar-refractivity contribution in [1.82, 2.24) is 9.38 Å². The van der Waals surface area contributed by atoms with Crippen molar-refractivity contribution in [1.29, 1.82) is 0 Å². The summed E-state index contributed by atoms with van der Waals surface area (Å²) in [5.41, 5.74) is 1.46. The molecule has 6 nitrogen and oxygen atoms in total. The molecule has 0 atom stereocenters. The third kappa shape index (κ3) is 1.74. The van der Waals surface area contributed by atoms with E-state index in [1.165, 1.54) is 6.07 Å². The molecule has 1 aromatic carbocycles. The average Bonchev–Trinajstić information content (AvgIpc) is 2.85. The fourth-order valence-corrected chi connectivity index (χ4v) is 2.16. The lowest BCUT2D eigenvalue weighted by atomic mass is 10.1. The van der Waals surface area contributed by atoms with Gasteiger partial charge in [-0.2, -0.15) is 0 Å². The quantitative estimate of drug-likeness (QED) is 0.415. The van der Waals surface area contributed by atoms with Gasteiger partial charge in [0.15, 0.2) is 6.29 Å². The molecule has 0 amide bonds. The number of rotatable bonds is 3. The maximum atomic E-state index is 11.3. The Morgan fingerprint density at radius 1 is 1.15 bits per heavy atom. The predicted octanol–water partition coefficient (Wildman–Crippen LogP) is 2.72. The van der Waals surface area contributed by atoms with Crippen LogP contribution in [0.25, 0.3) is 16.9 Å². The number of nitro benzene ring substituents is 1. The van der Waals surface area contributed by atoms with Gasteiger partial charge in [0.25, 0.3) is 5.69 Å². The van der Waals surface area contributed by atoms with Gasteiger partial charge in [0, 0.05) is 12.3 Å². The van der Waals surface area contributed by atoms with Crippen molar-refractivity contribution in [2.24, 2.45) is 0 Å². The average molecular weight is 267 g/mol. The highest BCUT2D eigenvalue weighted by Crippen LogP contribution is 2.31. The van der Waals surface area contributed by atoms with Crippen LogP contribution in [0.2, 0.25) is 0 Å². The molecule has 0 aliphatic carbocycles. The largest absolute Gasteiger partial charge is 0.297 e. The van der Waals surface area contributed by atoms with Crippen molar-refractivity contribution in [2.45, 2.75) is 0 Å². The van der Waals surface area contributed by atoms with E-state index in [0.717, 1.165) is 0 Å². The topological polar surface area (TPSA) is 77.5 Å². The van der Waals surface area contributed by atoms with Gasteiger partial charge in [0.2, 0.25) is 0 Å². The maximum absolute atomic E-state index is 11.3. The predicted molar refractivity (Wildman–Crippen MR) is 72.7 cm³/mol. The molecule has 0 spiro atoms. The van der Waals surface area contributed by atoms with Gasteiger partial charge in [0.05, 0.1) is 10.5 Å². The molecule has 2 heterocycles. The highest BCUT2D eigenvalue weighted by Gasteiger charge is 2.21. The first kappa shape index (κ1) is 12.0. The van der Waals surface area contributed by atoms with E-state index in [-0.39, 0.29) is 5.69 Å². The summed E-state index contributed by atoms with van der Waals surface area (Å²) in [7, 11) is 0. The van der Waals surface area contributed by atoms with Crippen LogP contribution < -0.4 is 0 Å². The number of aromatic nitrogens is 2. The van der Waals surface area contributed by atoms with Gasteiger partial charge in [-0.15, -0.1) is 0 Å². The first-order valence-corrected chi connectivity index (χ1v) is 5.88. The smallest absolute Gasteiger partial charge is 0.278 e. The SMILES string of the molecule is O=Cc1c(-c2ccccc2[N+](=O)[O-])nc2ccccn12. The minimum atomic E-state index is -0.478. The molecule has 98 valence electrons. The second-order valence-corrected chi connectivity index (χ2v) is 4.17. The van der Waals surface area contributed by atoms with Crippen molar-refractivity contribution in [3.8, 4) is 11.3 Å². The number of nitrogens with zero attached hydrogens (tertiary/aromatic N) is 3. The molecule has 3 aromatic rings. The van der Waals surface area contributed by atoms with Gasteiger partial charge in [-0.3, -0.25) is 19.3 Å². The summed E-state index contributed by atoms with van der Waals surface area (Å²) in [5, 5.41) is 11.1. The second kappa shape index (κ2) is 4.58. The van der Waals surface area contributed by atoms with Crippen molar-refractivity contribution >= 4 is 17.6 Å². The standard InChI is InChI=1S/C14H9N3O3/c18-9-12-14(15-13-7-3-4-8-16(12)13)10-5-1-2-6-11(10)17(19)20/h1-9H. The van der Waals surface area contributed by atoms with E-state index in [1.807, 2.05) is 0 Å². The first-order chi connectivity index (χ1) is 9.72. The van der Waals surface area contributed by atoms with E-state index in [9.17, 15) is 14.9 Å². The number of aldehydes is 1. The Kier molecular flexibility index (Phi) is 2.76. The van der Waals surface area contributed by atoms with E-state index in [1.54, 1.807) is 47.0 Å². The van der Waals surface area contributed by atoms with Crippen molar-refractivity contribution in [3.63, 3.8) is 0 Å². The molecule has 0 fully saturated rings. The lowest BCUT2D eigenvalue weighted by Crippen LogP contribution is -1.95. The van der Waals surface area contributed by atoms with Crippen LogP contribution in [0.1, 0.15) is 10.5 Å². The first-order valence-electron chi connectivity index (χ1n) is 5.88. The summed E-state index contributed by atoms with van der Waals surface area (Å²) in [6.07, 6.45) is 2.36. The number of pyridine rings is 1. The van der Waals surface area contributed by atoms with E-state index in [0.29, 0.717) is 28.9 Å². The third-order valence-corrected chi connectivity index (χ3v) is 3.03. The summed E-state index contributed by atoms with van der Waals surface area (Å²) in [6, 6.07) is 11.6. The molecule has 0 aliphatic rings. The van der Waals surface area contributed by atoms with Crippen LogP contribution in [0.5, 0.6) is 0 Å².